The third-order valence-electron chi connectivity index (χ3n) is 3.74. The van der Waals surface area contributed by atoms with Gasteiger partial charge in [0.25, 0.3) is 0 Å². The molecule has 1 aromatic heterocycles. The molecule has 3 rings (SSSR count). The number of hydrogen-bond donors (Lipinski definition) is 2. The van der Waals surface area contributed by atoms with Gasteiger partial charge in [0, 0.05) is 22.9 Å². The molecule has 0 radical (unpaired) electrons. The summed E-state index contributed by atoms with van der Waals surface area (Å²) in [6, 6.07) is 7.54. The summed E-state index contributed by atoms with van der Waals surface area (Å²) in [6.45, 7) is 4.07. The van der Waals surface area contributed by atoms with Crippen LogP contribution in [0.3, 0.4) is 0 Å². The van der Waals surface area contributed by atoms with E-state index in [0.717, 1.165) is 35.5 Å². The molecule has 0 unspecified atom stereocenters. The van der Waals surface area contributed by atoms with Crippen molar-refractivity contribution in [3.63, 3.8) is 0 Å². The minimum absolute atomic E-state index is 0.0292. The monoisotopic (exact) mass is 317 g/mol. The molecule has 1 aliphatic rings. The molecular weight excluding hydrogens is 298 g/mol. The largest absolute Gasteiger partial charge is 0.323 e. The molecule has 1 aliphatic carbocycles. The van der Waals surface area contributed by atoms with E-state index in [4.69, 9.17) is 11.6 Å². The van der Waals surface area contributed by atoms with Crippen LogP contribution in [0, 0.1) is 5.92 Å². The number of aromatic amines is 1. The van der Waals surface area contributed by atoms with Crippen LogP contribution in [-0.2, 0) is 4.79 Å². The summed E-state index contributed by atoms with van der Waals surface area (Å²) >= 11 is 6.08. The first-order chi connectivity index (χ1) is 10.5. The van der Waals surface area contributed by atoms with Crippen molar-refractivity contribution in [2.24, 2.45) is 5.92 Å². The summed E-state index contributed by atoms with van der Waals surface area (Å²) in [7, 11) is 0. The predicted octanol–water partition coefficient (Wildman–Crippen LogP) is 4.59. The molecule has 2 N–H and O–H groups in total. The van der Waals surface area contributed by atoms with Crippen LogP contribution in [0.15, 0.2) is 24.3 Å². The first-order valence-electron chi connectivity index (χ1n) is 7.68. The summed E-state index contributed by atoms with van der Waals surface area (Å²) in [5.41, 5.74) is 3.53. The van der Waals surface area contributed by atoms with Gasteiger partial charge in [-0.3, -0.25) is 9.89 Å². The van der Waals surface area contributed by atoms with Crippen molar-refractivity contribution in [2.75, 3.05) is 5.32 Å². The minimum Gasteiger partial charge on any atom is -0.323 e. The lowest BCUT2D eigenvalue weighted by molar-refractivity contribution is -0.116. The van der Waals surface area contributed by atoms with Crippen molar-refractivity contribution in [3.05, 3.63) is 35.0 Å². The fraction of sp³-hybridized carbons (Fsp3) is 0.412. The smallest absolute Gasteiger partial charge is 0.224 e. The van der Waals surface area contributed by atoms with Gasteiger partial charge >= 0.3 is 0 Å². The molecule has 1 heterocycles. The van der Waals surface area contributed by atoms with Gasteiger partial charge in [-0.25, -0.2) is 0 Å². The molecule has 1 saturated carbocycles. The number of carbonyl (C=O) groups is 1. The number of hydrogen-bond acceptors (Lipinski definition) is 2. The van der Waals surface area contributed by atoms with Crippen LogP contribution in [0.4, 0.5) is 5.69 Å². The van der Waals surface area contributed by atoms with E-state index < -0.39 is 0 Å². The van der Waals surface area contributed by atoms with Gasteiger partial charge in [-0.05, 0) is 30.9 Å². The number of H-pyrrole nitrogens is 1. The highest BCUT2D eigenvalue weighted by molar-refractivity contribution is 6.30. The van der Waals surface area contributed by atoms with Crippen molar-refractivity contribution in [3.8, 4) is 11.3 Å². The molecule has 0 spiro atoms. The van der Waals surface area contributed by atoms with E-state index in [9.17, 15) is 4.79 Å². The number of aromatic nitrogens is 2. The Labute approximate surface area is 135 Å². The second-order valence-corrected chi connectivity index (χ2v) is 6.73. The molecular formula is C17H20ClN3O. The molecule has 0 bridgehead atoms. The Bertz CT molecular complexity index is 689. The van der Waals surface area contributed by atoms with Gasteiger partial charge in [-0.1, -0.05) is 37.6 Å². The van der Waals surface area contributed by atoms with Crippen molar-refractivity contribution >= 4 is 23.2 Å². The normalized spacial score (nSPS) is 14.4. The highest BCUT2D eigenvalue weighted by Crippen LogP contribution is 2.45. The summed E-state index contributed by atoms with van der Waals surface area (Å²) in [5.74, 6) is 0.835. The number of nitrogens with zero attached hydrogens (tertiary/aromatic N) is 1. The van der Waals surface area contributed by atoms with Crippen LogP contribution in [-0.4, -0.2) is 16.1 Å². The molecule has 116 valence electrons. The maximum Gasteiger partial charge on any atom is 0.224 e. The topological polar surface area (TPSA) is 57.8 Å². The summed E-state index contributed by atoms with van der Waals surface area (Å²) in [6.07, 6.45) is 2.79. The molecule has 5 heteroatoms. The van der Waals surface area contributed by atoms with Crippen molar-refractivity contribution < 1.29 is 4.79 Å². The third-order valence-corrected chi connectivity index (χ3v) is 3.97. The van der Waals surface area contributed by atoms with Crippen LogP contribution >= 0.6 is 11.6 Å². The van der Waals surface area contributed by atoms with Crippen molar-refractivity contribution in [2.45, 2.75) is 39.0 Å². The SMILES string of the molecule is CC(C)CC(=O)Nc1c(-c2cccc(Cl)c2)n[nH]c1C1CC1. The third kappa shape index (κ3) is 3.33. The Morgan fingerprint density at radius 3 is 2.86 bits per heavy atom. The molecule has 1 aromatic carbocycles. The molecule has 0 aliphatic heterocycles. The summed E-state index contributed by atoms with van der Waals surface area (Å²) < 4.78 is 0. The number of benzene rings is 1. The zero-order valence-corrected chi connectivity index (χ0v) is 13.6. The van der Waals surface area contributed by atoms with E-state index in [1.807, 2.05) is 38.1 Å². The van der Waals surface area contributed by atoms with Gasteiger partial charge in [-0.2, -0.15) is 5.10 Å². The minimum atomic E-state index is 0.0292. The number of anilines is 1. The van der Waals surface area contributed by atoms with E-state index in [1.54, 1.807) is 0 Å². The Hall–Kier alpha value is -1.81. The van der Waals surface area contributed by atoms with Crippen LogP contribution in [0.5, 0.6) is 0 Å². The first-order valence-corrected chi connectivity index (χ1v) is 8.06. The highest BCUT2D eigenvalue weighted by Gasteiger charge is 2.30. The second kappa shape index (κ2) is 6.13. The van der Waals surface area contributed by atoms with Crippen molar-refractivity contribution in [1.82, 2.24) is 10.2 Å². The predicted molar refractivity (Wildman–Crippen MR) is 89.1 cm³/mol. The first kappa shape index (κ1) is 15.1. The van der Waals surface area contributed by atoms with Gasteiger partial charge in [-0.15, -0.1) is 0 Å². The molecule has 22 heavy (non-hydrogen) atoms. The van der Waals surface area contributed by atoms with Gasteiger partial charge < -0.3 is 5.32 Å². The van der Waals surface area contributed by atoms with Crippen LogP contribution in [0.1, 0.15) is 44.7 Å². The van der Waals surface area contributed by atoms with E-state index in [1.165, 1.54) is 0 Å². The Morgan fingerprint density at radius 2 is 2.23 bits per heavy atom. The number of rotatable bonds is 5. The van der Waals surface area contributed by atoms with Crippen molar-refractivity contribution in [1.29, 1.82) is 0 Å². The molecule has 2 aromatic rings. The molecule has 4 nitrogen and oxygen atoms in total. The summed E-state index contributed by atoms with van der Waals surface area (Å²) in [5, 5.41) is 11.2. The van der Waals surface area contributed by atoms with E-state index in [0.29, 0.717) is 23.3 Å². The van der Waals surface area contributed by atoms with Gasteiger partial charge in [0.1, 0.15) is 5.69 Å². The summed E-state index contributed by atoms with van der Waals surface area (Å²) in [4.78, 5) is 12.2. The Morgan fingerprint density at radius 1 is 1.45 bits per heavy atom. The quantitative estimate of drug-likeness (QED) is 0.847. The van der Waals surface area contributed by atoms with Gasteiger partial charge in [0.2, 0.25) is 5.91 Å². The zero-order chi connectivity index (χ0) is 15.7. The maximum absolute atomic E-state index is 12.2. The van der Waals surface area contributed by atoms with E-state index in [2.05, 4.69) is 15.5 Å². The Kier molecular flexibility index (Phi) is 4.21. The highest BCUT2D eigenvalue weighted by atomic mass is 35.5. The molecule has 1 amide bonds. The van der Waals surface area contributed by atoms with Crippen LogP contribution < -0.4 is 5.32 Å². The fourth-order valence-electron chi connectivity index (χ4n) is 2.56. The van der Waals surface area contributed by atoms with E-state index >= 15 is 0 Å². The zero-order valence-electron chi connectivity index (χ0n) is 12.8. The second-order valence-electron chi connectivity index (χ2n) is 6.29. The average molecular weight is 318 g/mol. The number of carbonyl (C=O) groups excluding carboxylic acids is 1. The Balaban J connectivity index is 1.95. The molecule has 0 atom stereocenters. The lowest BCUT2D eigenvalue weighted by Crippen LogP contribution is -2.15. The van der Waals surface area contributed by atoms with Gasteiger partial charge in [0.15, 0.2) is 0 Å². The van der Waals surface area contributed by atoms with Gasteiger partial charge in [0.05, 0.1) is 11.4 Å². The number of nitrogens with one attached hydrogen (secondary N) is 2. The van der Waals surface area contributed by atoms with Crippen LogP contribution in [0.25, 0.3) is 11.3 Å². The molecule has 1 fully saturated rings. The number of halogens is 1. The van der Waals surface area contributed by atoms with E-state index in [-0.39, 0.29) is 5.91 Å². The number of amides is 1. The lowest BCUT2D eigenvalue weighted by Gasteiger charge is -2.10. The fourth-order valence-corrected chi connectivity index (χ4v) is 2.75. The average Bonchev–Trinajstić information content (AvgIpc) is 3.20. The molecule has 0 saturated heterocycles. The maximum atomic E-state index is 12.2. The van der Waals surface area contributed by atoms with Crippen LogP contribution in [0.2, 0.25) is 5.02 Å². The standard InChI is InChI=1S/C17H20ClN3O/c1-10(2)8-14(22)19-17-15(11-6-7-11)20-21-16(17)12-4-3-5-13(18)9-12/h3-5,9-11H,6-8H2,1-2H3,(H,19,22)(H,20,21). The lowest BCUT2D eigenvalue weighted by atomic mass is 10.1.